The summed E-state index contributed by atoms with van der Waals surface area (Å²) in [5.41, 5.74) is 8.36. The third kappa shape index (κ3) is 3.46. The van der Waals surface area contributed by atoms with Crippen LogP contribution in [0.2, 0.25) is 0 Å². The molecule has 11 rings (SSSR count). The normalized spacial score (nSPS) is 12.3. The highest BCUT2D eigenvalue weighted by atomic mass is 32.1. The fourth-order valence-electron chi connectivity index (χ4n) is 7.46. The molecule has 0 aliphatic heterocycles. The van der Waals surface area contributed by atoms with Gasteiger partial charge in [-0.2, -0.15) is 0 Å². The quantitative estimate of drug-likeness (QED) is 0.197. The van der Waals surface area contributed by atoms with Gasteiger partial charge in [0, 0.05) is 58.9 Å². The number of furan rings is 3. The van der Waals surface area contributed by atoms with Crippen molar-refractivity contribution in [2.24, 2.45) is 0 Å². The van der Waals surface area contributed by atoms with E-state index in [0.717, 1.165) is 93.7 Å². The Bertz CT molecular complexity index is 3050. The molecule has 4 heterocycles. The molecule has 0 radical (unpaired) electrons. The fourth-order valence-corrected chi connectivity index (χ4v) is 8.58. The number of hydrogen-bond donors (Lipinski definition) is 0. The van der Waals surface area contributed by atoms with Gasteiger partial charge in [-0.15, -0.1) is 11.3 Å². The fraction of sp³-hybridized carbons (Fsp3) is 0. The molecule has 0 fully saturated rings. The third-order valence-electron chi connectivity index (χ3n) is 9.47. The van der Waals surface area contributed by atoms with Gasteiger partial charge in [0.1, 0.15) is 33.5 Å². The average molecular weight is 622 g/mol. The number of thiophene rings is 1. The van der Waals surface area contributed by atoms with Crippen molar-refractivity contribution in [3.63, 3.8) is 0 Å². The Hall–Kier alpha value is -6.04. The molecule has 11 aromatic rings. The first-order valence-corrected chi connectivity index (χ1v) is 16.5. The molecule has 0 amide bonds. The van der Waals surface area contributed by atoms with Crippen LogP contribution in [0.4, 0.5) is 17.1 Å². The number of nitrogens with zero attached hydrogens (tertiary/aromatic N) is 1. The van der Waals surface area contributed by atoms with Crippen molar-refractivity contribution in [2.45, 2.75) is 0 Å². The lowest BCUT2D eigenvalue weighted by atomic mass is 10.0. The molecule has 4 nitrogen and oxygen atoms in total. The maximum Gasteiger partial charge on any atom is 0.144 e. The lowest BCUT2D eigenvalue weighted by Crippen LogP contribution is -2.10. The van der Waals surface area contributed by atoms with Crippen LogP contribution >= 0.6 is 11.3 Å². The summed E-state index contributed by atoms with van der Waals surface area (Å²) >= 11 is 1.80. The number of hydrogen-bond acceptors (Lipinski definition) is 5. The van der Waals surface area contributed by atoms with Crippen molar-refractivity contribution in [3.8, 4) is 0 Å². The minimum Gasteiger partial charge on any atom is -0.456 e. The predicted octanol–water partition coefficient (Wildman–Crippen LogP) is 13.2. The number of fused-ring (bicyclic) bond motifs is 13. The van der Waals surface area contributed by atoms with Crippen molar-refractivity contribution in [1.29, 1.82) is 0 Å². The van der Waals surface area contributed by atoms with Crippen molar-refractivity contribution in [1.82, 2.24) is 0 Å². The van der Waals surface area contributed by atoms with Crippen molar-refractivity contribution in [2.75, 3.05) is 4.90 Å². The minimum absolute atomic E-state index is 0.847. The van der Waals surface area contributed by atoms with Crippen LogP contribution in [-0.4, -0.2) is 0 Å². The second-order valence-corrected chi connectivity index (χ2v) is 13.1. The summed E-state index contributed by atoms with van der Waals surface area (Å²) in [7, 11) is 0. The van der Waals surface area contributed by atoms with E-state index >= 15 is 0 Å². The van der Waals surface area contributed by atoms with E-state index in [2.05, 4.69) is 114 Å². The first kappa shape index (κ1) is 25.2. The lowest BCUT2D eigenvalue weighted by Gasteiger charge is -2.27. The molecule has 0 bridgehead atoms. The molecular formula is C42H23NO3S. The molecule has 220 valence electrons. The van der Waals surface area contributed by atoms with Gasteiger partial charge in [0.2, 0.25) is 0 Å². The van der Waals surface area contributed by atoms with E-state index in [0.29, 0.717) is 0 Å². The Balaban J connectivity index is 1.29. The Labute approximate surface area is 271 Å². The van der Waals surface area contributed by atoms with E-state index in [1.807, 2.05) is 30.3 Å². The molecule has 0 atom stereocenters. The third-order valence-corrected chi connectivity index (χ3v) is 10.6. The Morgan fingerprint density at radius 1 is 0.383 bits per heavy atom. The highest BCUT2D eigenvalue weighted by Crippen LogP contribution is 2.50. The highest BCUT2D eigenvalue weighted by Gasteiger charge is 2.25. The van der Waals surface area contributed by atoms with Gasteiger partial charge in [-0.1, -0.05) is 66.7 Å². The largest absolute Gasteiger partial charge is 0.456 e. The van der Waals surface area contributed by atoms with Crippen LogP contribution < -0.4 is 4.90 Å². The van der Waals surface area contributed by atoms with E-state index in [-0.39, 0.29) is 0 Å². The number of benzene rings is 7. The number of anilines is 3. The molecule has 5 heteroatoms. The molecule has 0 aliphatic rings. The zero-order chi connectivity index (χ0) is 30.6. The van der Waals surface area contributed by atoms with Gasteiger partial charge in [-0.3, -0.25) is 0 Å². The highest BCUT2D eigenvalue weighted by molar-refractivity contribution is 7.26. The van der Waals surface area contributed by atoms with Gasteiger partial charge < -0.3 is 18.2 Å². The monoisotopic (exact) mass is 621 g/mol. The average Bonchev–Trinajstić information content (AvgIpc) is 3.88. The van der Waals surface area contributed by atoms with Gasteiger partial charge in [0.15, 0.2) is 0 Å². The zero-order valence-corrected chi connectivity index (χ0v) is 25.7. The minimum atomic E-state index is 0.847. The SMILES string of the molecule is c1ccc2c(c1)oc1cc(N(c3cccc4oc5ccccc5c34)c3cccc4sc5ccc6c7ccccc7oc6c5c34)ccc12. The maximum atomic E-state index is 6.64. The summed E-state index contributed by atoms with van der Waals surface area (Å²) < 4.78 is 21.9. The summed E-state index contributed by atoms with van der Waals surface area (Å²) in [6.07, 6.45) is 0. The van der Waals surface area contributed by atoms with Crippen LogP contribution in [-0.2, 0) is 0 Å². The van der Waals surface area contributed by atoms with Crippen molar-refractivity contribution < 1.29 is 13.3 Å². The zero-order valence-electron chi connectivity index (χ0n) is 24.9. The first-order chi connectivity index (χ1) is 23.3. The Morgan fingerprint density at radius 3 is 1.79 bits per heavy atom. The molecule has 0 N–H and O–H groups in total. The second kappa shape index (κ2) is 9.25. The maximum absolute atomic E-state index is 6.64. The molecule has 0 aliphatic carbocycles. The molecule has 0 saturated carbocycles. The first-order valence-electron chi connectivity index (χ1n) is 15.7. The van der Waals surface area contributed by atoms with Crippen LogP contribution in [0.5, 0.6) is 0 Å². The summed E-state index contributed by atoms with van der Waals surface area (Å²) in [6.45, 7) is 0. The van der Waals surface area contributed by atoms with Gasteiger partial charge in [0.05, 0.1) is 16.8 Å². The molecular weight excluding hydrogens is 599 g/mol. The Kier molecular flexibility index (Phi) is 4.96. The van der Waals surface area contributed by atoms with E-state index in [9.17, 15) is 0 Å². The van der Waals surface area contributed by atoms with Crippen molar-refractivity contribution in [3.05, 3.63) is 140 Å². The van der Waals surface area contributed by atoms with E-state index in [1.165, 1.54) is 9.40 Å². The molecule has 0 unspecified atom stereocenters. The molecule has 4 aromatic heterocycles. The molecule has 0 spiro atoms. The van der Waals surface area contributed by atoms with Crippen LogP contribution in [0.3, 0.4) is 0 Å². The van der Waals surface area contributed by atoms with Crippen LogP contribution in [0, 0.1) is 0 Å². The van der Waals surface area contributed by atoms with Gasteiger partial charge in [-0.05, 0) is 66.7 Å². The van der Waals surface area contributed by atoms with Crippen molar-refractivity contribution >= 4 is 114 Å². The topological polar surface area (TPSA) is 42.7 Å². The van der Waals surface area contributed by atoms with Crippen LogP contribution in [0.15, 0.2) is 153 Å². The van der Waals surface area contributed by atoms with Gasteiger partial charge in [0.25, 0.3) is 0 Å². The van der Waals surface area contributed by atoms with E-state index < -0.39 is 0 Å². The lowest BCUT2D eigenvalue weighted by molar-refractivity contribution is 0.669. The molecule has 7 aromatic carbocycles. The molecule has 0 saturated heterocycles. The van der Waals surface area contributed by atoms with E-state index in [4.69, 9.17) is 13.3 Å². The van der Waals surface area contributed by atoms with E-state index in [1.54, 1.807) is 11.3 Å². The van der Waals surface area contributed by atoms with Crippen LogP contribution in [0.1, 0.15) is 0 Å². The summed E-state index contributed by atoms with van der Waals surface area (Å²) in [4.78, 5) is 2.37. The summed E-state index contributed by atoms with van der Waals surface area (Å²) in [5.74, 6) is 0. The summed E-state index contributed by atoms with van der Waals surface area (Å²) in [6, 6.07) is 48.7. The second-order valence-electron chi connectivity index (χ2n) is 12.0. The number of para-hydroxylation sites is 3. The standard InChI is InChI=1S/C42H23NO3S/c1-4-14-32-25(9-1)27-20-19-24(23-36(27)45-32)43(30-12-7-17-35-39(30)29-11-3-6-16-34(29)44-35)31-13-8-18-37-40(31)41-38(47-37)22-21-28-26-10-2-5-15-33(26)46-42(28)41/h1-23H. The number of rotatable bonds is 3. The van der Waals surface area contributed by atoms with Gasteiger partial charge >= 0.3 is 0 Å². The predicted molar refractivity (Wildman–Crippen MR) is 196 cm³/mol. The summed E-state index contributed by atoms with van der Waals surface area (Å²) in [5, 5.41) is 8.90. The smallest absolute Gasteiger partial charge is 0.144 e. The molecule has 47 heavy (non-hydrogen) atoms. The Morgan fingerprint density at radius 2 is 0.957 bits per heavy atom. The van der Waals surface area contributed by atoms with Gasteiger partial charge in [-0.25, -0.2) is 0 Å². The van der Waals surface area contributed by atoms with Crippen LogP contribution in [0.25, 0.3) is 86.0 Å².